The second-order valence-corrected chi connectivity index (χ2v) is 7.45. The Morgan fingerprint density at radius 3 is 2.80 bits per heavy atom. The van der Waals surface area contributed by atoms with Crippen LogP contribution < -0.4 is 5.73 Å². The predicted octanol–water partition coefficient (Wildman–Crippen LogP) is 3.90. The molecular formula is C15H20BrNO2S. The molecule has 1 saturated carbocycles. The number of esters is 1. The molecule has 0 radical (unpaired) electrons. The van der Waals surface area contributed by atoms with Crippen molar-refractivity contribution in [1.82, 2.24) is 0 Å². The maximum absolute atomic E-state index is 11.4. The summed E-state index contributed by atoms with van der Waals surface area (Å²) in [4.78, 5) is 12.6. The fraction of sp³-hybridized carbons (Fsp3) is 0.533. The Balaban J connectivity index is 2.04. The fourth-order valence-electron chi connectivity index (χ4n) is 2.17. The minimum atomic E-state index is -0.107. The summed E-state index contributed by atoms with van der Waals surface area (Å²) in [5.41, 5.74) is 7.31. The van der Waals surface area contributed by atoms with Crippen LogP contribution in [0.25, 0.3) is 0 Å². The molecule has 1 aromatic carbocycles. The highest BCUT2D eigenvalue weighted by Crippen LogP contribution is 2.52. The third-order valence-corrected chi connectivity index (χ3v) is 5.62. The molecule has 2 rings (SSSR count). The Morgan fingerprint density at radius 2 is 2.25 bits per heavy atom. The zero-order valence-corrected chi connectivity index (χ0v) is 14.2. The van der Waals surface area contributed by atoms with Crippen LogP contribution >= 0.6 is 27.7 Å². The van der Waals surface area contributed by atoms with Gasteiger partial charge in [0, 0.05) is 21.2 Å². The van der Waals surface area contributed by atoms with Crippen LogP contribution in [0.2, 0.25) is 0 Å². The first-order valence-electron chi connectivity index (χ1n) is 6.70. The molecule has 5 heteroatoms. The first-order valence-corrected chi connectivity index (χ1v) is 8.48. The first-order chi connectivity index (χ1) is 9.46. The van der Waals surface area contributed by atoms with Crippen LogP contribution in [0.4, 0.5) is 0 Å². The van der Waals surface area contributed by atoms with Crippen LogP contribution in [0.15, 0.2) is 27.6 Å². The zero-order chi connectivity index (χ0) is 14.8. The number of rotatable bonds is 6. The first kappa shape index (κ1) is 15.9. The molecule has 0 heterocycles. The number of nitrogens with two attached hydrogens (primary N) is 1. The molecule has 1 unspecified atom stereocenters. The van der Waals surface area contributed by atoms with Gasteiger partial charge in [0.15, 0.2) is 0 Å². The van der Waals surface area contributed by atoms with Gasteiger partial charge in [0.25, 0.3) is 0 Å². The largest absolute Gasteiger partial charge is 0.469 e. The van der Waals surface area contributed by atoms with Crippen molar-refractivity contribution in [2.24, 2.45) is 11.1 Å². The summed E-state index contributed by atoms with van der Waals surface area (Å²) < 4.78 is 5.84. The number of hydrogen-bond acceptors (Lipinski definition) is 4. The molecule has 3 nitrogen and oxygen atoms in total. The topological polar surface area (TPSA) is 52.3 Å². The fourth-order valence-corrected chi connectivity index (χ4v) is 4.16. The molecule has 1 aliphatic rings. The molecule has 1 aliphatic carbocycles. The van der Waals surface area contributed by atoms with Gasteiger partial charge in [0.05, 0.1) is 13.5 Å². The third-order valence-electron chi connectivity index (χ3n) is 3.70. The number of thioether (sulfide) groups is 1. The summed E-state index contributed by atoms with van der Waals surface area (Å²) in [5.74, 6) is 0.836. The molecule has 20 heavy (non-hydrogen) atoms. The quantitative estimate of drug-likeness (QED) is 0.619. The molecule has 0 aromatic heterocycles. The molecule has 0 bridgehead atoms. The van der Waals surface area contributed by atoms with Crippen LogP contribution in [0, 0.1) is 5.41 Å². The third kappa shape index (κ3) is 3.99. The van der Waals surface area contributed by atoms with Gasteiger partial charge in [-0.15, -0.1) is 11.8 Å². The van der Waals surface area contributed by atoms with E-state index in [0.717, 1.165) is 28.6 Å². The van der Waals surface area contributed by atoms with E-state index >= 15 is 0 Å². The monoisotopic (exact) mass is 357 g/mol. The van der Waals surface area contributed by atoms with E-state index in [1.807, 2.05) is 13.0 Å². The van der Waals surface area contributed by atoms with E-state index in [-0.39, 0.29) is 17.4 Å². The molecule has 1 atom stereocenters. The van der Waals surface area contributed by atoms with E-state index in [2.05, 4.69) is 28.1 Å². The van der Waals surface area contributed by atoms with Crippen molar-refractivity contribution in [2.45, 2.75) is 37.1 Å². The smallest absolute Gasteiger partial charge is 0.306 e. The molecular weight excluding hydrogens is 338 g/mol. The molecule has 1 aromatic rings. The van der Waals surface area contributed by atoms with Crippen molar-refractivity contribution in [3.8, 4) is 0 Å². The van der Waals surface area contributed by atoms with Crippen molar-refractivity contribution in [2.75, 3.05) is 12.9 Å². The van der Waals surface area contributed by atoms with Crippen molar-refractivity contribution in [3.63, 3.8) is 0 Å². The van der Waals surface area contributed by atoms with Crippen molar-refractivity contribution >= 4 is 33.7 Å². The van der Waals surface area contributed by atoms with Crippen molar-refractivity contribution in [1.29, 1.82) is 0 Å². The Hall–Kier alpha value is -0.520. The highest BCUT2D eigenvalue weighted by Gasteiger charge is 2.44. The number of carbonyl (C=O) groups is 1. The second-order valence-electron chi connectivity index (χ2n) is 5.51. The Morgan fingerprint density at radius 1 is 1.55 bits per heavy atom. The van der Waals surface area contributed by atoms with Crippen LogP contribution in [-0.4, -0.2) is 18.8 Å². The molecule has 110 valence electrons. The van der Waals surface area contributed by atoms with Crippen LogP contribution in [-0.2, 0) is 9.53 Å². The second kappa shape index (κ2) is 6.50. The number of benzene rings is 1. The molecule has 0 spiro atoms. The van der Waals surface area contributed by atoms with Gasteiger partial charge in [-0.05, 0) is 42.9 Å². The van der Waals surface area contributed by atoms with Gasteiger partial charge in [0.1, 0.15) is 0 Å². The summed E-state index contributed by atoms with van der Waals surface area (Å²) >= 11 is 5.30. The Bertz CT molecular complexity index is 501. The molecule has 0 aliphatic heterocycles. The summed E-state index contributed by atoms with van der Waals surface area (Å²) in [6.07, 6.45) is 2.74. The average Bonchev–Trinajstić information content (AvgIpc) is 3.16. The van der Waals surface area contributed by atoms with E-state index in [1.165, 1.54) is 12.0 Å². The lowest BCUT2D eigenvalue weighted by Crippen LogP contribution is -2.13. The molecule has 2 N–H and O–H groups in total. The van der Waals surface area contributed by atoms with Gasteiger partial charge in [-0.25, -0.2) is 0 Å². The normalized spacial score (nSPS) is 17.6. The van der Waals surface area contributed by atoms with Gasteiger partial charge in [0.2, 0.25) is 0 Å². The molecule has 0 saturated heterocycles. The molecule has 0 amide bonds. The summed E-state index contributed by atoms with van der Waals surface area (Å²) in [6, 6.07) is 6.21. The van der Waals surface area contributed by atoms with Gasteiger partial charge in [-0.3, -0.25) is 4.79 Å². The van der Waals surface area contributed by atoms with E-state index < -0.39 is 0 Å². The highest BCUT2D eigenvalue weighted by atomic mass is 79.9. The zero-order valence-electron chi connectivity index (χ0n) is 11.8. The minimum Gasteiger partial charge on any atom is -0.469 e. The summed E-state index contributed by atoms with van der Waals surface area (Å²) in [5, 5.41) is 0. The van der Waals surface area contributed by atoms with E-state index in [4.69, 9.17) is 10.5 Å². The van der Waals surface area contributed by atoms with Crippen molar-refractivity contribution in [3.05, 3.63) is 28.2 Å². The SMILES string of the molecule is COC(=O)CC1(CSc2cc(Br)ccc2C(C)N)CC1. The number of hydrogen-bond donors (Lipinski definition) is 1. The van der Waals surface area contributed by atoms with Gasteiger partial charge in [-0.1, -0.05) is 22.0 Å². The van der Waals surface area contributed by atoms with E-state index in [9.17, 15) is 4.79 Å². The lowest BCUT2D eigenvalue weighted by atomic mass is 10.1. The number of carbonyl (C=O) groups excluding carboxylic acids is 1. The van der Waals surface area contributed by atoms with E-state index in [1.54, 1.807) is 11.8 Å². The Kier molecular flexibility index (Phi) is 5.15. The van der Waals surface area contributed by atoms with E-state index in [0.29, 0.717) is 6.42 Å². The van der Waals surface area contributed by atoms with Crippen LogP contribution in [0.3, 0.4) is 0 Å². The Labute approximate surface area is 132 Å². The highest BCUT2D eigenvalue weighted by molar-refractivity contribution is 9.10. The number of methoxy groups -OCH3 is 1. The van der Waals surface area contributed by atoms with Crippen LogP contribution in [0.5, 0.6) is 0 Å². The maximum Gasteiger partial charge on any atom is 0.306 e. The van der Waals surface area contributed by atoms with Gasteiger partial charge in [-0.2, -0.15) is 0 Å². The predicted molar refractivity (Wildman–Crippen MR) is 85.8 cm³/mol. The lowest BCUT2D eigenvalue weighted by Gasteiger charge is -2.17. The summed E-state index contributed by atoms with van der Waals surface area (Å²) in [6.45, 7) is 1.99. The van der Waals surface area contributed by atoms with Gasteiger partial charge < -0.3 is 10.5 Å². The summed E-state index contributed by atoms with van der Waals surface area (Å²) in [7, 11) is 1.45. The van der Waals surface area contributed by atoms with Crippen molar-refractivity contribution < 1.29 is 9.53 Å². The average molecular weight is 358 g/mol. The van der Waals surface area contributed by atoms with Crippen LogP contribution in [0.1, 0.15) is 37.8 Å². The van der Waals surface area contributed by atoms with Gasteiger partial charge >= 0.3 is 5.97 Å². The minimum absolute atomic E-state index is 0.0151. The standard InChI is InChI=1S/C15H20BrNO2S/c1-10(17)12-4-3-11(16)7-13(12)20-9-15(5-6-15)8-14(18)19-2/h3-4,7,10H,5-6,8-9,17H2,1-2H3. The lowest BCUT2D eigenvalue weighted by molar-refractivity contribution is -0.141. The maximum atomic E-state index is 11.4. The number of halogens is 1. The number of ether oxygens (including phenoxy) is 1. The molecule has 1 fully saturated rings.